The van der Waals surface area contributed by atoms with E-state index < -0.39 is 31.9 Å². The van der Waals surface area contributed by atoms with Gasteiger partial charge in [0, 0.05) is 0 Å². The number of hydrogen-bond donors (Lipinski definition) is 1. The van der Waals surface area contributed by atoms with Crippen LogP contribution in [0.1, 0.15) is 18.1 Å². The number of sulfonamides is 2. The van der Waals surface area contributed by atoms with Crippen molar-refractivity contribution < 1.29 is 21.6 Å². The highest BCUT2D eigenvalue weighted by Gasteiger charge is 2.41. The Balaban J connectivity index is 1.89. The van der Waals surface area contributed by atoms with E-state index in [4.69, 9.17) is 0 Å². The molecule has 0 aliphatic carbocycles. The molecule has 0 unspecified atom stereocenters. The quantitative estimate of drug-likeness (QED) is 0.837. The van der Waals surface area contributed by atoms with Gasteiger partial charge in [0.25, 0.3) is 10.0 Å². The largest absolute Gasteiger partial charge is 0.279 e. The molecule has 7 nitrogen and oxygen atoms in total. The third-order valence-corrected chi connectivity index (χ3v) is 7.62. The Morgan fingerprint density at radius 2 is 1.70 bits per heavy atom. The van der Waals surface area contributed by atoms with Crippen LogP contribution >= 0.6 is 0 Å². The second kappa shape index (κ2) is 6.65. The first kappa shape index (κ1) is 19.4. The van der Waals surface area contributed by atoms with E-state index in [-0.39, 0.29) is 16.3 Å². The van der Waals surface area contributed by atoms with Gasteiger partial charge in [-0.05, 0) is 49.7 Å². The maximum atomic E-state index is 12.6. The Bertz CT molecular complexity index is 1110. The molecule has 1 N–H and O–H groups in total. The average molecular weight is 409 g/mol. The lowest BCUT2D eigenvalue weighted by Gasteiger charge is -2.16. The molecule has 1 amide bonds. The molecule has 1 fully saturated rings. The van der Waals surface area contributed by atoms with Gasteiger partial charge in [0.1, 0.15) is 0 Å². The molecule has 2 aromatic carbocycles. The molecule has 0 spiro atoms. The lowest BCUT2D eigenvalue weighted by Crippen LogP contribution is -2.30. The molecule has 9 heteroatoms. The molecule has 1 aliphatic rings. The van der Waals surface area contributed by atoms with Crippen molar-refractivity contribution in [3.63, 3.8) is 0 Å². The van der Waals surface area contributed by atoms with Gasteiger partial charge in [0.05, 0.1) is 27.9 Å². The molecule has 0 aromatic heterocycles. The molecule has 1 heterocycles. The molecule has 1 atom stereocenters. The van der Waals surface area contributed by atoms with E-state index in [2.05, 4.69) is 4.72 Å². The predicted octanol–water partition coefficient (Wildman–Crippen LogP) is 2.42. The highest BCUT2D eigenvalue weighted by atomic mass is 32.2. The first-order valence-corrected chi connectivity index (χ1v) is 11.4. The molecule has 0 radical (unpaired) electrons. The third kappa shape index (κ3) is 3.70. The van der Waals surface area contributed by atoms with E-state index in [9.17, 15) is 21.6 Å². The van der Waals surface area contributed by atoms with E-state index in [1.807, 2.05) is 13.0 Å². The van der Waals surface area contributed by atoms with Gasteiger partial charge in [0.2, 0.25) is 15.9 Å². The number of amides is 1. The molecule has 2 aromatic rings. The van der Waals surface area contributed by atoms with Crippen molar-refractivity contribution >= 4 is 37.3 Å². The number of carbonyl (C=O) groups is 1. The van der Waals surface area contributed by atoms with Gasteiger partial charge in [0.15, 0.2) is 0 Å². The van der Waals surface area contributed by atoms with E-state index in [1.165, 1.54) is 24.3 Å². The van der Waals surface area contributed by atoms with Crippen molar-refractivity contribution in [3.8, 4) is 0 Å². The Kier molecular flexibility index (Phi) is 4.77. The van der Waals surface area contributed by atoms with Crippen LogP contribution in [0.5, 0.6) is 0 Å². The summed E-state index contributed by atoms with van der Waals surface area (Å²) in [5.74, 6) is -1.39. The number of nitrogens with one attached hydrogen (secondary N) is 1. The lowest BCUT2D eigenvalue weighted by atomic mass is 10.1. The summed E-state index contributed by atoms with van der Waals surface area (Å²) in [5, 5.41) is 0. The fourth-order valence-corrected chi connectivity index (χ4v) is 5.93. The van der Waals surface area contributed by atoms with Crippen molar-refractivity contribution in [2.45, 2.75) is 25.7 Å². The first-order valence-electron chi connectivity index (χ1n) is 8.28. The minimum atomic E-state index is -3.84. The molecule has 1 saturated heterocycles. The van der Waals surface area contributed by atoms with Crippen molar-refractivity contribution in [2.75, 3.05) is 14.8 Å². The maximum absolute atomic E-state index is 12.6. The van der Waals surface area contributed by atoms with Crippen LogP contribution in [0.2, 0.25) is 0 Å². The number of rotatable bonds is 4. The Morgan fingerprint density at radius 3 is 2.22 bits per heavy atom. The van der Waals surface area contributed by atoms with Crippen LogP contribution in [0.15, 0.2) is 47.4 Å². The Hall–Kier alpha value is -2.39. The zero-order valence-electron chi connectivity index (χ0n) is 15.1. The zero-order valence-corrected chi connectivity index (χ0v) is 16.8. The average Bonchev–Trinajstić information content (AvgIpc) is 2.78. The first-order chi connectivity index (χ1) is 12.5. The Morgan fingerprint density at radius 1 is 1.07 bits per heavy atom. The number of anilines is 2. The summed E-state index contributed by atoms with van der Waals surface area (Å²) in [7, 11) is -7.57. The van der Waals surface area contributed by atoms with Gasteiger partial charge in [-0.3, -0.25) is 9.52 Å². The smallest absolute Gasteiger partial charge is 0.261 e. The molecular formula is C18H20N2O5S2. The number of aryl methyl sites for hydroxylation is 2. The van der Waals surface area contributed by atoms with Gasteiger partial charge < -0.3 is 0 Å². The SMILES string of the molecule is Cc1ccc(NS(=O)(=O)c2ccc(N3C(=O)[C@@H](C)CS3(=O)=O)cc2)c(C)c1. The number of benzene rings is 2. The van der Waals surface area contributed by atoms with Gasteiger partial charge in [-0.25, -0.2) is 21.1 Å². The van der Waals surface area contributed by atoms with Crippen molar-refractivity contribution in [3.05, 3.63) is 53.6 Å². The summed E-state index contributed by atoms with van der Waals surface area (Å²) >= 11 is 0. The third-order valence-electron chi connectivity index (χ3n) is 4.37. The van der Waals surface area contributed by atoms with E-state index in [1.54, 1.807) is 26.0 Å². The Labute approximate surface area is 159 Å². The molecule has 3 rings (SSSR count). The molecule has 1 aliphatic heterocycles. The standard InChI is InChI=1S/C18H20N2O5S2/c1-12-4-9-17(13(2)10-12)19-27(24,25)16-7-5-15(6-8-16)20-18(21)14(3)11-26(20,22)23/h4-10,14,19H,11H2,1-3H3/t14-/m0/s1. The van der Waals surface area contributed by atoms with Gasteiger partial charge in [-0.1, -0.05) is 24.6 Å². The summed E-state index contributed by atoms with van der Waals surface area (Å²) in [6.45, 7) is 5.27. The monoisotopic (exact) mass is 408 g/mol. The van der Waals surface area contributed by atoms with E-state index in [0.717, 1.165) is 15.4 Å². The van der Waals surface area contributed by atoms with E-state index >= 15 is 0 Å². The van der Waals surface area contributed by atoms with Crippen LogP contribution in [0.25, 0.3) is 0 Å². The van der Waals surface area contributed by atoms with Crippen molar-refractivity contribution in [1.82, 2.24) is 0 Å². The summed E-state index contributed by atoms with van der Waals surface area (Å²) in [5.41, 5.74) is 2.41. The highest BCUT2D eigenvalue weighted by molar-refractivity contribution is 7.94. The van der Waals surface area contributed by atoms with Crippen LogP contribution in [0.3, 0.4) is 0 Å². The van der Waals surface area contributed by atoms with E-state index in [0.29, 0.717) is 5.69 Å². The second-order valence-corrected chi connectivity index (χ2v) is 10.2. The van der Waals surface area contributed by atoms with Crippen LogP contribution in [0.4, 0.5) is 11.4 Å². The maximum Gasteiger partial charge on any atom is 0.261 e. The summed E-state index contributed by atoms with van der Waals surface area (Å²) in [6.07, 6.45) is 0. The molecule has 144 valence electrons. The van der Waals surface area contributed by atoms with Crippen LogP contribution in [-0.2, 0) is 24.8 Å². The summed E-state index contributed by atoms with van der Waals surface area (Å²) < 4.78 is 52.8. The topological polar surface area (TPSA) is 101 Å². The summed E-state index contributed by atoms with van der Waals surface area (Å²) in [4.78, 5) is 12.1. The normalized spacial score (nSPS) is 19.3. The number of hydrogen-bond acceptors (Lipinski definition) is 5. The lowest BCUT2D eigenvalue weighted by molar-refractivity contribution is -0.119. The van der Waals surface area contributed by atoms with Crippen LogP contribution in [0, 0.1) is 19.8 Å². The minimum Gasteiger partial charge on any atom is -0.279 e. The van der Waals surface area contributed by atoms with Crippen molar-refractivity contribution in [1.29, 1.82) is 0 Å². The van der Waals surface area contributed by atoms with Crippen molar-refractivity contribution in [2.24, 2.45) is 5.92 Å². The molecular weight excluding hydrogens is 388 g/mol. The van der Waals surface area contributed by atoms with Crippen LogP contribution < -0.4 is 9.03 Å². The zero-order chi connectivity index (χ0) is 20.0. The van der Waals surface area contributed by atoms with Gasteiger partial charge in [-0.2, -0.15) is 0 Å². The molecule has 0 saturated carbocycles. The van der Waals surface area contributed by atoms with Crippen LogP contribution in [-0.4, -0.2) is 28.5 Å². The second-order valence-electron chi connectivity index (χ2n) is 6.70. The fraction of sp³-hybridized carbons (Fsp3) is 0.278. The minimum absolute atomic E-state index is 0.0247. The number of carbonyl (C=O) groups excluding carboxylic acids is 1. The molecule has 27 heavy (non-hydrogen) atoms. The van der Waals surface area contributed by atoms with Gasteiger partial charge >= 0.3 is 0 Å². The summed E-state index contributed by atoms with van der Waals surface area (Å²) in [6, 6.07) is 10.6. The predicted molar refractivity (Wildman–Crippen MR) is 104 cm³/mol. The van der Waals surface area contributed by atoms with Gasteiger partial charge in [-0.15, -0.1) is 0 Å². The fourth-order valence-electron chi connectivity index (χ4n) is 2.98. The molecule has 0 bridgehead atoms. The highest BCUT2D eigenvalue weighted by Crippen LogP contribution is 2.29. The number of nitrogens with zero attached hydrogens (tertiary/aromatic N) is 1.